The lowest BCUT2D eigenvalue weighted by Crippen LogP contribution is -2.12. The lowest BCUT2D eigenvalue weighted by Gasteiger charge is -2.16. The summed E-state index contributed by atoms with van der Waals surface area (Å²) in [7, 11) is 1.32. The minimum atomic E-state index is -0.549. The molecule has 3 rings (SSSR count). The molecule has 0 saturated carbocycles. The molecule has 0 fully saturated rings. The summed E-state index contributed by atoms with van der Waals surface area (Å²) in [5.41, 5.74) is 4.65. The van der Waals surface area contributed by atoms with E-state index >= 15 is 0 Å². The van der Waals surface area contributed by atoms with E-state index in [-0.39, 0.29) is 0 Å². The van der Waals surface area contributed by atoms with Crippen LogP contribution in [0.1, 0.15) is 27.2 Å². The molecule has 148 valence electrons. The van der Waals surface area contributed by atoms with Crippen LogP contribution in [0.5, 0.6) is 5.75 Å². The molecule has 28 heavy (non-hydrogen) atoms. The summed E-state index contributed by atoms with van der Waals surface area (Å²) in [5, 5.41) is 2.59. The zero-order valence-corrected chi connectivity index (χ0v) is 17.4. The van der Waals surface area contributed by atoms with E-state index in [1.54, 1.807) is 17.5 Å². The number of methoxy groups -OCH3 is 1. The van der Waals surface area contributed by atoms with Gasteiger partial charge in [0, 0.05) is 11.8 Å². The van der Waals surface area contributed by atoms with E-state index in [0.29, 0.717) is 24.3 Å². The Balaban J connectivity index is 1.86. The Hall–Kier alpha value is -2.67. The average Bonchev–Trinajstić information content (AvgIpc) is 3.15. The van der Waals surface area contributed by atoms with Gasteiger partial charge < -0.3 is 9.47 Å². The Bertz CT molecular complexity index is 955. The zero-order chi connectivity index (χ0) is 20.1. The fraction of sp³-hybridized carbons (Fsp3) is 0.381. The molecule has 1 unspecified atom stereocenters. The highest BCUT2D eigenvalue weighted by Gasteiger charge is 2.14. The Labute approximate surface area is 168 Å². The number of thiazole rings is 1. The number of nitrogens with zero attached hydrogens (tertiary/aromatic N) is 2. The van der Waals surface area contributed by atoms with Crippen molar-refractivity contribution >= 4 is 33.5 Å². The van der Waals surface area contributed by atoms with Crippen molar-refractivity contribution in [1.29, 1.82) is 0 Å². The van der Waals surface area contributed by atoms with Gasteiger partial charge in [-0.05, 0) is 48.1 Å². The molecule has 0 radical (unpaired) electrons. The predicted molar refractivity (Wildman–Crippen MR) is 113 cm³/mol. The highest BCUT2D eigenvalue weighted by Crippen LogP contribution is 2.37. The van der Waals surface area contributed by atoms with Gasteiger partial charge in [0.25, 0.3) is 0 Å². The first-order valence-corrected chi connectivity index (χ1v) is 10.2. The molecule has 0 bridgehead atoms. The van der Waals surface area contributed by atoms with Gasteiger partial charge in [0.2, 0.25) is 0 Å². The summed E-state index contributed by atoms with van der Waals surface area (Å²) >= 11 is 1.57. The molecular formula is C21H25N3O3S. The Morgan fingerprint density at radius 2 is 2.04 bits per heavy atom. The van der Waals surface area contributed by atoms with Crippen molar-refractivity contribution in [2.45, 2.75) is 27.2 Å². The number of ether oxygens (including phenoxy) is 2. The van der Waals surface area contributed by atoms with Gasteiger partial charge in [0.05, 0.1) is 23.9 Å². The summed E-state index contributed by atoms with van der Waals surface area (Å²) in [6, 6.07) is 7.71. The van der Waals surface area contributed by atoms with Crippen LogP contribution in [0.2, 0.25) is 0 Å². The predicted octanol–water partition coefficient (Wildman–Crippen LogP) is 5.60. The van der Waals surface area contributed by atoms with Crippen LogP contribution in [0.25, 0.3) is 21.3 Å². The number of carbonyl (C=O) groups excluding carboxylic acids is 1. The largest absolute Gasteiger partial charge is 0.491 e. The number of fused-ring (bicyclic) bond motifs is 1. The van der Waals surface area contributed by atoms with Gasteiger partial charge in [-0.1, -0.05) is 20.8 Å². The van der Waals surface area contributed by atoms with E-state index < -0.39 is 6.09 Å². The second-order valence-electron chi connectivity index (χ2n) is 7.23. The number of nitrogens with one attached hydrogen (secondary N) is 1. The summed E-state index contributed by atoms with van der Waals surface area (Å²) in [5.74, 6) is 2.38. The highest BCUT2D eigenvalue weighted by molar-refractivity contribution is 7.17. The van der Waals surface area contributed by atoms with Crippen LogP contribution in [0, 0.1) is 11.8 Å². The monoisotopic (exact) mass is 399 g/mol. The van der Waals surface area contributed by atoms with Crippen LogP contribution in [-0.2, 0) is 4.74 Å². The van der Waals surface area contributed by atoms with Crippen LogP contribution in [0.4, 0.5) is 10.6 Å². The molecule has 0 aliphatic carbocycles. The molecule has 2 heterocycles. The molecule has 3 aromatic rings. The zero-order valence-electron chi connectivity index (χ0n) is 16.6. The molecule has 1 atom stereocenters. The number of hydrogen-bond donors (Lipinski definition) is 1. The number of anilines is 1. The van der Waals surface area contributed by atoms with Gasteiger partial charge in [-0.15, -0.1) is 11.3 Å². The fourth-order valence-corrected chi connectivity index (χ4v) is 4.04. The molecule has 0 spiro atoms. The van der Waals surface area contributed by atoms with Gasteiger partial charge in [0.1, 0.15) is 17.1 Å². The second-order valence-corrected chi connectivity index (χ2v) is 8.09. The van der Waals surface area contributed by atoms with E-state index in [2.05, 4.69) is 40.8 Å². The van der Waals surface area contributed by atoms with Gasteiger partial charge in [-0.25, -0.2) is 14.8 Å². The van der Waals surface area contributed by atoms with Gasteiger partial charge in [-0.2, -0.15) is 0 Å². The third-order valence-corrected chi connectivity index (χ3v) is 5.19. The van der Waals surface area contributed by atoms with E-state index in [0.717, 1.165) is 33.5 Å². The minimum Gasteiger partial charge on any atom is -0.491 e. The van der Waals surface area contributed by atoms with Gasteiger partial charge in [-0.3, -0.25) is 5.32 Å². The molecule has 6 nitrogen and oxygen atoms in total. The number of pyridine rings is 1. The number of hydrogen-bond acceptors (Lipinski definition) is 6. The van der Waals surface area contributed by atoms with Gasteiger partial charge in [0.15, 0.2) is 0 Å². The first-order valence-electron chi connectivity index (χ1n) is 9.28. The van der Waals surface area contributed by atoms with Crippen molar-refractivity contribution < 1.29 is 14.3 Å². The molecule has 1 N–H and O–H groups in total. The topological polar surface area (TPSA) is 73.3 Å². The van der Waals surface area contributed by atoms with Gasteiger partial charge >= 0.3 is 6.09 Å². The van der Waals surface area contributed by atoms with Crippen molar-refractivity contribution in [2.75, 3.05) is 19.0 Å². The lowest BCUT2D eigenvalue weighted by molar-refractivity contribution is 0.187. The van der Waals surface area contributed by atoms with Crippen molar-refractivity contribution in [3.05, 3.63) is 36.0 Å². The molecule has 0 saturated heterocycles. The van der Waals surface area contributed by atoms with Crippen LogP contribution < -0.4 is 10.1 Å². The van der Waals surface area contributed by atoms with Crippen LogP contribution >= 0.6 is 11.3 Å². The number of amides is 1. The Kier molecular flexibility index (Phi) is 6.46. The molecule has 2 aromatic heterocycles. The second kappa shape index (κ2) is 9.01. The summed E-state index contributed by atoms with van der Waals surface area (Å²) in [4.78, 5) is 20.1. The van der Waals surface area contributed by atoms with Crippen molar-refractivity contribution in [1.82, 2.24) is 9.97 Å². The number of benzene rings is 1. The Morgan fingerprint density at radius 1 is 1.21 bits per heavy atom. The molecular weight excluding hydrogens is 374 g/mol. The minimum absolute atomic E-state index is 0.435. The number of rotatable bonds is 7. The maximum absolute atomic E-state index is 11.4. The van der Waals surface area contributed by atoms with E-state index in [1.165, 1.54) is 7.11 Å². The maximum Gasteiger partial charge on any atom is 0.412 e. The standard InChI is InChI=1S/C21H25N3O3S/c1-13(2)9-14(3)11-27-17-6-5-16(20-19(17)23-12-28-20)15-7-8-22-18(10-15)24-21(25)26-4/h5-8,10,12-14H,9,11H2,1-4H3,(H,22,24,25). The average molecular weight is 400 g/mol. The number of carbonyl (C=O) groups is 1. The van der Waals surface area contributed by atoms with Crippen molar-refractivity contribution in [3.8, 4) is 16.9 Å². The van der Waals surface area contributed by atoms with Crippen LogP contribution in [0.15, 0.2) is 36.0 Å². The molecule has 1 aromatic carbocycles. The third-order valence-electron chi connectivity index (χ3n) is 4.33. The molecule has 0 aliphatic heterocycles. The third kappa shape index (κ3) is 4.78. The van der Waals surface area contributed by atoms with Crippen LogP contribution in [0.3, 0.4) is 0 Å². The normalized spacial score (nSPS) is 12.2. The summed E-state index contributed by atoms with van der Waals surface area (Å²) in [6.07, 6.45) is 2.24. The maximum atomic E-state index is 11.4. The fourth-order valence-electron chi connectivity index (χ4n) is 3.20. The SMILES string of the molecule is COC(=O)Nc1cc(-c2ccc(OCC(C)CC(C)C)c3ncsc23)ccn1. The van der Waals surface area contributed by atoms with Crippen LogP contribution in [-0.4, -0.2) is 29.8 Å². The molecule has 0 aliphatic rings. The first-order chi connectivity index (χ1) is 13.5. The summed E-state index contributed by atoms with van der Waals surface area (Å²) < 4.78 is 11.8. The molecule has 7 heteroatoms. The quantitative estimate of drug-likeness (QED) is 0.560. The highest BCUT2D eigenvalue weighted by atomic mass is 32.1. The smallest absolute Gasteiger partial charge is 0.412 e. The van der Waals surface area contributed by atoms with E-state index in [9.17, 15) is 4.79 Å². The van der Waals surface area contributed by atoms with Crippen molar-refractivity contribution in [3.63, 3.8) is 0 Å². The molecule has 1 amide bonds. The first kappa shape index (κ1) is 20.1. The van der Waals surface area contributed by atoms with Crippen molar-refractivity contribution in [2.24, 2.45) is 11.8 Å². The lowest BCUT2D eigenvalue weighted by atomic mass is 10.00. The Morgan fingerprint density at radius 3 is 2.79 bits per heavy atom. The van der Waals surface area contributed by atoms with E-state index in [1.807, 2.05) is 29.8 Å². The summed E-state index contributed by atoms with van der Waals surface area (Å²) in [6.45, 7) is 7.33. The number of aromatic nitrogens is 2. The van der Waals surface area contributed by atoms with E-state index in [4.69, 9.17) is 4.74 Å².